The number of anilines is 1. The molecule has 1 saturated heterocycles. The number of pyridine rings is 1. The monoisotopic (exact) mass is 366 g/mol. The van der Waals surface area contributed by atoms with Gasteiger partial charge >= 0.3 is 6.18 Å². The van der Waals surface area contributed by atoms with Gasteiger partial charge < -0.3 is 9.64 Å². The molecule has 2 fully saturated rings. The maximum Gasteiger partial charge on any atom is 0.391 e. The normalized spacial score (nSPS) is 24.0. The van der Waals surface area contributed by atoms with Crippen molar-refractivity contribution in [3.8, 4) is 0 Å². The molecule has 5 nitrogen and oxygen atoms in total. The molecule has 0 amide bonds. The molecule has 0 aromatic carbocycles. The zero-order valence-electron chi connectivity index (χ0n) is 14.8. The number of aryl methyl sites for hydroxylation is 2. The van der Waals surface area contributed by atoms with E-state index in [1.807, 2.05) is 24.8 Å². The highest BCUT2D eigenvalue weighted by atomic mass is 19.4. The second kappa shape index (κ2) is 6.33. The van der Waals surface area contributed by atoms with Crippen LogP contribution in [0.25, 0.3) is 11.0 Å². The van der Waals surface area contributed by atoms with Crippen LogP contribution in [0.15, 0.2) is 6.07 Å². The maximum atomic E-state index is 12.9. The van der Waals surface area contributed by atoms with Crippen LogP contribution >= 0.6 is 0 Å². The lowest BCUT2D eigenvalue weighted by molar-refractivity contribution is -0.197. The van der Waals surface area contributed by atoms with Crippen molar-refractivity contribution < 1.29 is 17.9 Å². The highest BCUT2D eigenvalue weighted by Crippen LogP contribution is 2.50. The molecule has 2 aliphatic rings. The summed E-state index contributed by atoms with van der Waals surface area (Å²) < 4.78 is 44.1. The Balaban J connectivity index is 1.75. The minimum atomic E-state index is -4.13. The Kier molecular flexibility index (Phi) is 4.25. The van der Waals surface area contributed by atoms with Gasteiger partial charge in [-0.15, -0.1) is 0 Å². The molecule has 0 spiro atoms. The Hall–Kier alpha value is -1.96. The third-order valence-corrected chi connectivity index (χ3v) is 5.43. The quantitative estimate of drug-likeness (QED) is 0.814. The van der Waals surface area contributed by atoms with E-state index >= 15 is 0 Å². The van der Waals surface area contributed by atoms with Crippen molar-refractivity contribution in [1.29, 1.82) is 0 Å². The standard InChI is InChI=1S/C18H21F3N4O/c1-10-7-14-15(12-8-13(9-12)18(19,20)21)23-17(24-16(14)22-11(10)2)25-3-5-26-6-4-25/h7,12-13H,3-6,8-9H2,1-2H3. The molecular formula is C18H21F3N4O. The molecular weight excluding hydrogens is 345 g/mol. The van der Waals surface area contributed by atoms with Crippen LogP contribution in [-0.2, 0) is 4.74 Å². The molecule has 0 N–H and O–H groups in total. The molecule has 1 aliphatic carbocycles. The van der Waals surface area contributed by atoms with E-state index in [2.05, 4.69) is 15.0 Å². The fourth-order valence-corrected chi connectivity index (χ4v) is 3.58. The Labute approximate surface area is 149 Å². The van der Waals surface area contributed by atoms with Gasteiger partial charge in [0.25, 0.3) is 0 Å². The van der Waals surface area contributed by atoms with E-state index < -0.39 is 12.1 Å². The SMILES string of the molecule is Cc1cc2c(C3CC(C(F)(F)F)C3)nc(N3CCOCC3)nc2nc1C. The second-order valence-electron chi connectivity index (χ2n) is 7.18. The first-order chi connectivity index (χ1) is 12.3. The molecule has 26 heavy (non-hydrogen) atoms. The van der Waals surface area contributed by atoms with Gasteiger partial charge in [0.05, 0.1) is 24.8 Å². The summed E-state index contributed by atoms with van der Waals surface area (Å²) in [7, 11) is 0. The molecule has 1 aliphatic heterocycles. The number of halogens is 3. The van der Waals surface area contributed by atoms with Crippen molar-refractivity contribution in [2.45, 2.75) is 38.8 Å². The molecule has 0 atom stereocenters. The first-order valence-corrected chi connectivity index (χ1v) is 8.88. The second-order valence-corrected chi connectivity index (χ2v) is 7.18. The fraction of sp³-hybridized carbons (Fsp3) is 0.611. The number of ether oxygens (including phenoxy) is 1. The van der Waals surface area contributed by atoms with Gasteiger partial charge in [-0.25, -0.2) is 9.97 Å². The lowest BCUT2D eigenvalue weighted by Gasteiger charge is -2.37. The van der Waals surface area contributed by atoms with E-state index in [9.17, 15) is 13.2 Å². The minimum absolute atomic E-state index is 0.0884. The number of alkyl halides is 3. The molecule has 2 aromatic heterocycles. The van der Waals surface area contributed by atoms with Gasteiger partial charge in [-0.2, -0.15) is 18.2 Å². The van der Waals surface area contributed by atoms with Gasteiger partial charge in [0.2, 0.25) is 5.95 Å². The summed E-state index contributed by atoms with van der Waals surface area (Å²) in [4.78, 5) is 15.9. The Morgan fingerprint density at radius 3 is 2.42 bits per heavy atom. The molecule has 1 saturated carbocycles. The van der Waals surface area contributed by atoms with Gasteiger partial charge in [-0.3, -0.25) is 0 Å². The van der Waals surface area contributed by atoms with Crippen LogP contribution in [0, 0.1) is 19.8 Å². The molecule has 0 unspecified atom stereocenters. The summed E-state index contributed by atoms with van der Waals surface area (Å²) >= 11 is 0. The lowest BCUT2D eigenvalue weighted by Crippen LogP contribution is -2.38. The third-order valence-electron chi connectivity index (χ3n) is 5.43. The highest BCUT2D eigenvalue weighted by molar-refractivity contribution is 5.80. The summed E-state index contributed by atoms with van der Waals surface area (Å²) in [6.07, 6.45) is -3.95. The topological polar surface area (TPSA) is 51.1 Å². The first kappa shape index (κ1) is 17.5. The number of hydrogen-bond acceptors (Lipinski definition) is 5. The summed E-state index contributed by atoms with van der Waals surface area (Å²) in [6.45, 7) is 6.39. The van der Waals surface area contributed by atoms with Crippen molar-refractivity contribution in [3.63, 3.8) is 0 Å². The number of aromatic nitrogens is 3. The minimum Gasteiger partial charge on any atom is -0.378 e. The Morgan fingerprint density at radius 1 is 1.08 bits per heavy atom. The summed E-state index contributed by atoms with van der Waals surface area (Å²) in [6, 6.07) is 1.96. The third kappa shape index (κ3) is 3.11. The number of morpholine rings is 1. The fourth-order valence-electron chi connectivity index (χ4n) is 3.58. The smallest absolute Gasteiger partial charge is 0.378 e. The van der Waals surface area contributed by atoms with Crippen molar-refractivity contribution in [3.05, 3.63) is 23.0 Å². The van der Waals surface area contributed by atoms with Crippen LogP contribution in [0.4, 0.5) is 19.1 Å². The van der Waals surface area contributed by atoms with Crippen LogP contribution in [-0.4, -0.2) is 47.4 Å². The van der Waals surface area contributed by atoms with Gasteiger partial charge in [-0.1, -0.05) is 0 Å². The summed E-state index contributed by atoms with van der Waals surface area (Å²) in [5.74, 6) is -0.887. The number of hydrogen-bond donors (Lipinski definition) is 0. The van der Waals surface area contributed by atoms with Gasteiger partial charge in [-0.05, 0) is 38.3 Å². The first-order valence-electron chi connectivity index (χ1n) is 8.88. The number of rotatable bonds is 2. The maximum absolute atomic E-state index is 12.9. The Bertz CT molecular complexity index is 827. The molecule has 0 bridgehead atoms. The molecule has 4 rings (SSSR count). The van der Waals surface area contributed by atoms with E-state index in [-0.39, 0.29) is 18.8 Å². The van der Waals surface area contributed by atoms with Crippen LogP contribution in [0.5, 0.6) is 0 Å². The summed E-state index contributed by atoms with van der Waals surface area (Å²) in [5, 5.41) is 0.774. The lowest BCUT2D eigenvalue weighted by atomic mass is 9.72. The highest BCUT2D eigenvalue weighted by Gasteiger charge is 2.49. The van der Waals surface area contributed by atoms with Crippen LogP contribution in [0.3, 0.4) is 0 Å². The average molecular weight is 366 g/mol. The molecule has 140 valence electrons. The van der Waals surface area contributed by atoms with Crippen molar-refractivity contribution in [2.24, 2.45) is 5.92 Å². The zero-order valence-corrected chi connectivity index (χ0v) is 14.8. The van der Waals surface area contributed by atoms with E-state index in [1.54, 1.807) is 0 Å². The van der Waals surface area contributed by atoms with E-state index in [1.165, 1.54) is 0 Å². The number of fused-ring (bicyclic) bond motifs is 1. The van der Waals surface area contributed by atoms with Crippen molar-refractivity contribution in [1.82, 2.24) is 15.0 Å². The van der Waals surface area contributed by atoms with E-state index in [0.29, 0.717) is 43.6 Å². The predicted molar refractivity (Wildman–Crippen MR) is 91.4 cm³/mol. The molecule has 2 aromatic rings. The van der Waals surface area contributed by atoms with Crippen LogP contribution in [0.1, 0.15) is 35.7 Å². The molecule has 8 heteroatoms. The molecule has 0 radical (unpaired) electrons. The van der Waals surface area contributed by atoms with Gasteiger partial charge in [0.1, 0.15) is 0 Å². The average Bonchev–Trinajstić information content (AvgIpc) is 2.54. The number of nitrogens with zero attached hydrogens (tertiary/aromatic N) is 4. The summed E-state index contributed by atoms with van der Waals surface area (Å²) in [5.41, 5.74) is 3.13. The largest absolute Gasteiger partial charge is 0.391 e. The Morgan fingerprint density at radius 2 is 1.77 bits per heavy atom. The van der Waals surface area contributed by atoms with Crippen molar-refractivity contribution >= 4 is 17.0 Å². The van der Waals surface area contributed by atoms with E-state index in [4.69, 9.17) is 4.74 Å². The zero-order chi connectivity index (χ0) is 18.5. The predicted octanol–water partition coefficient (Wildman–Crippen LogP) is 3.53. The van der Waals surface area contributed by atoms with Crippen LogP contribution < -0.4 is 4.90 Å². The van der Waals surface area contributed by atoms with E-state index in [0.717, 1.165) is 16.6 Å². The molecule has 3 heterocycles. The van der Waals surface area contributed by atoms with Crippen molar-refractivity contribution in [2.75, 3.05) is 31.2 Å². The van der Waals surface area contributed by atoms with Crippen LogP contribution in [0.2, 0.25) is 0 Å². The van der Waals surface area contributed by atoms with Gasteiger partial charge in [0, 0.05) is 30.1 Å². The van der Waals surface area contributed by atoms with Gasteiger partial charge in [0.15, 0.2) is 5.65 Å².